The fraction of sp³-hybridized carbons (Fsp3) is 0.385. The van der Waals surface area contributed by atoms with Crippen molar-refractivity contribution in [3.63, 3.8) is 0 Å². The number of carbonyl (C=O) groups is 3. The lowest BCUT2D eigenvalue weighted by Crippen LogP contribution is -2.39. The van der Waals surface area contributed by atoms with Gasteiger partial charge in [-0.25, -0.2) is 13.9 Å². The van der Waals surface area contributed by atoms with Crippen LogP contribution in [0.2, 0.25) is 0 Å². The summed E-state index contributed by atoms with van der Waals surface area (Å²) in [6, 6.07) is 12.5. The zero-order valence-corrected chi connectivity index (χ0v) is 20.3. The second-order valence-corrected chi connectivity index (χ2v) is 9.39. The number of imidazole rings is 1. The number of carbonyl (C=O) groups excluding carboxylic acids is 3. The van der Waals surface area contributed by atoms with E-state index in [1.54, 1.807) is 30.3 Å². The standard InChI is InChI=1S/C26H30N3O5/c1-6-13-28-21-14-17(33-16-23(30)34-26(2,3)4)11-12-20(21)27(5)22(28)15-29-24(31)18-9-7-8-10-19(18)25(29)32/h7-12,14H,6,13,15-16H2,1-5H3/q+1. The molecule has 1 aliphatic heterocycles. The molecule has 0 saturated heterocycles. The van der Waals surface area contributed by atoms with E-state index < -0.39 is 11.6 Å². The molecule has 0 bridgehead atoms. The molecule has 2 aromatic carbocycles. The van der Waals surface area contributed by atoms with Gasteiger partial charge in [-0.15, -0.1) is 0 Å². The first-order chi connectivity index (χ1) is 16.1. The van der Waals surface area contributed by atoms with Crippen LogP contribution in [0.1, 0.15) is 60.7 Å². The molecular weight excluding hydrogens is 434 g/mol. The van der Waals surface area contributed by atoms with E-state index in [0.717, 1.165) is 23.3 Å². The van der Waals surface area contributed by atoms with Crippen LogP contribution in [0.15, 0.2) is 42.5 Å². The summed E-state index contributed by atoms with van der Waals surface area (Å²) in [6.07, 6.45) is 0.863. The fourth-order valence-electron chi connectivity index (χ4n) is 4.25. The van der Waals surface area contributed by atoms with E-state index in [1.807, 2.05) is 44.5 Å². The van der Waals surface area contributed by atoms with E-state index in [9.17, 15) is 14.4 Å². The number of nitrogens with zero attached hydrogens (tertiary/aromatic N) is 3. The molecule has 3 aromatic rings. The van der Waals surface area contributed by atoms with E-state index in [4.69, 9.17) is 9.47 Å². The third-order valence-corrected chi connectivity index (χ3v) is 5.70. The number of hydrogen-bond acceptors (Lipinski definition) is 5. The van der Waals surface area contributed by atoms with Crippen LogP contribution in [0.5, 0.6) is 5.75 Å². The molecule has 4 rings (SSSR count). The highest BCUT2D eigenvalue weighted by Crippen LogP contribution is 2.26. The Morgan fingerprint density at radius 1 is 1.03 bits per heavy atom. The molecule has 0 unspecified atom stereocenters. The van der Waals surface area contributed by atoms with Crippen molar-refractivity contribution in [1.82, 2.24) is 9.47 Å². The summed E-state index contributed by atoms with van der Waals surface area (Å²) in [5, 5.41) is 0. The summed E-state index contributed by atoms with van der Waals surface area (Å²) in [5.74, 6) is 0.371. The average Bonchev–Trinajstić information content (AvgIpc) is 3.18. The molecule has 2 heterocycles. The molecule has 0 spiro atoms. The Bertz CT molecular complexity index is 1250. The minimum atomic E-state index is -0.576. The second kappa shape index (κ2) is 8.93. The van der Waals surface area contributed by atoms with E-state index in [-0.39, 0.29) is 25.0 Å². The smallest absolute Gasteiger partial charge is 0.344 e. The maximum atomic E-state index is 12.9. The molecule has 0 fully saturated rings. The number of rotatable bonds is 7. The summed E-state index contributed by atoms with van der Waals surface area (Å²) in [5.41, 5.74) is 2.13. The van der Waals surface area contributed by atoms with Crippen LogP contribution >= 0.6 is 0 Å². The highest BCUT2D eigenvalue weighted by atomic mass is 16.6. The van der Waals surface area contributed by atoms with Gasteiger partial charge in [0.1, 0.15) is 17.9 Å². The van der Waals surface area contributed by atoms with E-state index in [0.29, 0.717) is 23.4 Å². The Morgan fingerprint density at radius 3 is 2.26 bits per heavy atom. The number of fused-ring (bicyclic) bond motifs is 2. The van der Waals surface area contributed by atoms with Crippen LogP contribution in [0.3, 0.4) is 0 Å². The van der Waals surface area contributed by atoms with Gasteiger partial charge < -0.3 is 9.47 Å². The van der Waals surface area contributed by atoms with Crippen molar-refractivity contribution in [2.24, 2.45) is 7.05 Å². The number of ether oxygens (including phenoxy) is 2. The molecule has 0 saturated carbocycles. The van der Waals surface area contributed by atoms with Gasteiger partial charge in [-0.2, -0.15) is 0 Å². The predicted molar refractivity (Wildman–Crippen MR) is 125 cm³/mol. The van der Waals surface area contributed by atoms with Gasteiger partial charge in [0.25, 0.3) is 17.6 Å². The molecule has 2 amide bonds. The van der Waals surface area contributed by atoms with E-state index in [2.05, 4.69) is 11.5 Å². The third kappa shape index (κ3) is 4.40. The Balaban J connectivity index is 1.64. The second-order valence-electron chi connectivity index (χ2n) is 9.39. The number of esters is 1. The monoisotopic (exact) mass is 464 g/mol. The number of aryl methyl sites for hydroxylation is 2. The summed E-state index contributed by atoms with van der Waals surface area (Å²) >= 11 is 0. The van der Waals surface area contributed by atoms with Gasteiger partial charge in [0.2, 0.25) is 0 Å². The molecule has 8 heteroatoms. The van der Waals surface area contributed by atoms with Crippen molar-refractivity contribution in [3.8, 4) is 5.75 Å². The van der Waals surface area contributed by atoms with Gasteiger partial charge in [0, 0.05) is 6.07 Å². The van der Waals surface area contributed by atoms with Crippen molar-refractivity contribution in [1.29, 1.82) is 0 Å². The number of benzene rings is 2. The Kier molecular flexibility index (Phi) is 6.17. The zero-order valence-electron chi connectivity index (χ0n) is 20.3. The van der Waals surface area contributed by atoms with Gasteiger partial charge in [-0.05, 0) is 51.5 Å². The van der Waals surface area contributed by atoms with Crippen molar-refractivity contribution >= 4 is 28.8 Å². The lowest BCUT2D eigenvalue weighted by atomic mass is 10.1. The Morgan fingerprint density at radius 2 is 1.68 bits per heavy atom. The van der Waals surface area contributed by atoms with Crippen molar-refractivity contribution in [2.45, 2.75) is 52.8 Å². The summed E-state index contributed by atoms with van der Waals surface area (Å²) in [4.78, 5) is 39.2. The lowest BCUT2D eigenvalue weighted by molar-refractivity contribution is -0.654. The quantitative estimate of drug-likeness (QED) is 0.304. The molecule has 0 atom stereocenters. The van der Waals surface area contributed by atoms with Gasteiger partial charge in [-0.3, -0.25) is 14.5 Å². The first kappa shape index (κ1) is 23.5. The minimum absolute atomic E-state index is 0.158. The maximum absolute atomic E-state index is 12.9. The van der Waals surface area contributed by atoms with Crippen LogP contribution in [0, 0.1) is 0 Å². The van der Waals surface area contributed by atoms with Gasteiger partial charge in [-0.1, -0.05) is 19.1 Å². The normalized spacial score (nSPS) is 13.5. The summed E-state index contributed by atoms with van der Waals surface area (Å²) in [7, 11) is 1.92. The predicted octanol–water partition coefficient (Wildman–Crippen LogP) is 3.39. The summed E-state index contributed by atoms with van der Waals surface area (Å²) < 4.78 is 15.1. The SMILES string of the molecule is CCCn1c(CN2C(=O)c3ccccc3C2=O)[n+](C)c2ccc(OCC(=O)OC(C)(C)C)cc21. The molecule has 0 radical (unpaired) electrons. The minimum Gasteiger partial charge on any atom is -0.482 e. The van der Waals surface area contributed by atoms with E-state index in [1.165, 1.54) is 4.90 Å². The van der Waals surface area contributed by atoms with Crippen LogP contribution in [0.25, 0.3) is 11.0 Å². The van der Waals surface area contributed by atoms with Gasteiger partial charge in [0.15, 0.2) is 17.6 Å². The highest BCUT2D eigenvalue weighted by molar-refractivity contribution is 6.21. The molecular formula is C26H30N3O5+. The van der Waals surface area contributed by atoms with Crippen LogP contribution < -0.4 is 9.30 Å². The van der Waals surface area contributed by atoms with Crippen molar-refractivity contribution in [2.75, 3.05) is 6.61 Å². The molecule has 0 aliphatic carbocycles. The molecule has 1 aliphatic rings. The topological polar surface area (TPSA) is 81.7 Å². The largest absolute Gasteiger partial charge is 0.482 e. The molecule has 8 nitrogen and oxygen atoms in total. The number of aromatic nitrogens is 2. The Labute approximate surface area is 198 Å². The van der Waals surface area contributed by atoms with E-state index >= 15 is 0 Å². The van der Waals surface area contributed by atoms with Crippen molar-refractivity contribution in [3.05, 3.63) is 59.4 Å². The van der Waals surface area contributed by atoms with Crippen LogP contribution in [0.4, 0.5) is 0 Å². The summed E-state index contributed by atoms with van der Waals surface area (Å²) in [6.45, 7) is 8.17. The van der Waals surface area contributed by atoms with Crippen molar-refractivity contribution < 1.29 is 28.4 Å². The first-order valence-electron chi connectivity index (χ1n) is 11.4. The highest BCUT2D eigenvalue weighted by Gasteiger charge is 2.38. The molecule has 178 valence electrons. The molecule has 1 aromatic heterocycles. The first-order valence-corrected chi connectivity index (χ1v) is 11.4. The lowest BCUT2D eigenvalue weighted by Gasteiger charge is -2.19. The van der Waals surface area contributed by atoms with Crippen LogP contribution in [-0.4, -0.2) is 39.5 Å². The molecule has 0 N–H and O–H groups in total. The average molecular weight is 465 g/mol. The number of amides is 2. The third-order valence-electron chi connectivity index (χ3n) is 5.70. The fourth-order valence-corrected chi connectivity index (χ4v) is 4.25. The zero-order chi connectivity index (χ0) is 24.6. The number of imide groups is 1. The maximum Gasteiger partial charge on any atom is 0.344 e. The van der Waals surface area contributed by atoms with Crippen LogP contribution in [-0.2, 0) is 29.7 Å². The van der Waals surface area contributed by atoms with Gasteiger partial charge in [0.05, 0.1) is 24.7 Å². The molecule has 34 heavy (non-hydrogen) atoms. The Hall–Kier alpha value is -3.68. The number of hydrogen-bond donors (Lipinski definition) is 0. The van der Waals surface area contributed by atoms with Gasteiger partial charge >= 0.3 is 5.97 Å².